The molecule has 1 N–H and O–H groups in total. The lowest BCUT2D eigenvalue weighted by molar-refractivity contribution is 0.173. The van der Waals surface area contributed by atoms with E-state index in [9.17, 15) is 0 Å². The molecule has 1 aliphatic rings. The topological polar surface area (TPSA) is 33.7 Å². The molecule has 0 bridgehead atoms. The number of hydrogen-bond donors (Lipinski definition) is 1. The fourth-order valence-corrected chi connectivity index (χ4v) is 2.49. The van der Waals surface area contributed by atoms with Crippen molar-refractivity contribution >= 4 is 5.69 Å². The van der Waals surface area contributed by atoms with Crippen molar-refractivity contribution in [2.24, 2.45) is 0 Å². The van der Waals surface area contributed by atoms with Gasteiger partial charge in [-0.1, -0.05) is 30.3 Å². The van der Waals surface area contributed by atoms with E-state index in [1.54, 1.807) is 0 Å². The first-order valence-corrected chi connectivity index (χ1v) is 7.08. The summed E-state index contributed by atoms with van der Waals surface area (Å²) in [4.78, 5) is 2.16. The maximum atomic E-state index is 5.54. The zero-order chi connectivity index (χ0) is 14.7. The molecular weight excluding hydrogens is 264 g/mol. The molecule has 4 nitrogen and oxygen atoms in total. The Hall–Kier alpha value is -2.20. The molecule has 0 unspecified atom stereocenters. The molecule has 3 rings (SSSR count). The Balaban J connectivity index is 1.75. The molecule has 0 amide bonds. The van der Waals surface area contributed by atoms with Crippen molar-refractivity contribution in [3.63, 3.8) is 0 Å². The molecule has 0 aromatic heterocycles. The predicted octanol–water partition coefficient (Wildman–Crippen LogP) is 3.09. The summed E-state index contributed by atoms with van der Waals surface area (Å²) < 4.78 is 11.0. The summed E-state index contributed by atoms with van der Waals surface area (Å²) >= 11 is 0. The van der Waals surface area contributed by atoms with Crippen LogP contribution in [0.15, 0.2) is 42.5 Å². The van der Waals surface area contributed by atoms with Crippen LogP contribution in [-0.4, -0.2) is 25.8 Å². The smallest absolute Gasteiger partial charge is 0.231 e. The molecule has 0 atom stereocenters. The van der Waals surface area contributed by atoms with Gasteiger partial charge in [0, 0.05) is 24.3 Å². The van der Waals surface area contributed by atoms with Gasteiger partial charge in [-0.2, -0.15) is 0 Å². The molecule has 4 heteroatoms. The third kappa shape index (κ3) is 3.11. The summed E-state index contributed by atoms with van der Waals surface area (Å²) in [5.41, 5.74) is 3.56. The minimum absolute atomic E-state index is 0.309. The third-order valence-corrected chi connectivity index (χ3v) is 3.45. The highest BCUT2D eigenvalue weighted by atomic mass is 16.7. The average molecular weight is 284 g/mol. The second-order valence-corrected chi connectivity index (χ2v) is 5.40. The molecule has 110 valence electrons. The first kappa shape index (κ1) is 13.8. The summed E-state index contributed by atoms with van der Waals surface area (Å²) in [5, 5.41) is 3.50. The van der Waals surface area contributed by atoms with E-state index >= 15 is 0 Å². The fraction of sp³-hybridized carbons (Fsp3) is 0.294. The molecule has 0 saturated heterocycles. The second-order valence-electron chi connectivity index (χ2n) is 5.40. The number of benzene rings is 2. The molecule has 1 heterocycles. The van der Waals surface area contributed by atoms with Crippen LogP contribution in [0.1, 0.15) is 11.1 Å². The lowest BCUT2D eigenvalue weighted by atomic mass is 10.1. The van der Waals surface area contributed by atoms with Crippen LogP contribution in [0.4, 0.5) is 5.69 Å². The quantitative estimate of drug-likeness (QED) is 0.915. The van der Waals surface area contributed by atoms with Gasteiger partial charge in [0.15, 0.2) is 11.5 Å². The number of rotatable bonds is 5. The number of nitrogens with zero attached hydrogens (tertiary/aromatic N) is 1. The number of hydrogen-bond acceptors (Lipinski definition) is 4. The Kier molecular flexibility index (Phi) is 3.97. The van der Waals surface area contributed by atoms with Crippen molar-refractivity contribution in [3.8, 4) is 11.5 Å². The van der Waals surface area contributed by atoms with Crippen molar-refractivity contribution in [2.75, 3.05) is 26.2 Å². The van der Waals surface area contributed by atoms with Crippen LogP contribution in [0.25, 0.3) is 0 Å². The van der Waals surface area contributed by atoms with Gasteiger partial charge in [-0.05, 0) is 31.8 Å². The first-order valence-electron chi connectivity index (χ1n) is 7.08. The molecular formula is C17H20N2O2. The van der Waals surface area contributed by atoms with E-state index in [4.69, 9.17) is 9.47 Å². The zero-order valence-electron chi connectivity index (χ0n) is 12.4. The van der Waals surface area contributed by atoms with Gasteiger partial charge in [0.25, 0.3) is 0 Å². The van der Waals surface area contributed by atoms with Gasteiger partial charge in [0.1, 0.15) is 0 Å². The predicted molar refractivity (Wildman–Crippen MR) is 83.7 cm³/mol. The summed E-state index contributed by atoms with van der Waals surface area (Å²) in [5.74, 6) is 1.69. The van der Waals surface area contributed by atoms with Gasteiger partial charge < -0.3 is 19.7 Å². The van der Waals surface area contributed by atoms with Gasteiger partial charge in [0.2, 0.25) is 6.79 Å². The molecule has 2 aromatic rings. The molecule has 0 aliphatic carbocycles. The fourth-order valence-electron chi connectivity index (χ4n) is 2.49. The number of nitrogens with one attached hydrogen (secondary N) is 1. The molecule has 1 aliphatic heterocycles. The number of para-hydroxylation sites is 2. The Morgan fingerprint density at radius 1 is 1.00 bits per heavy atom. The van der Waals surface area contributed by atoms with Crippen molar-refractivity contribution in [1.82, 2.24) is 4.90 Å². The Bertz CT molecular complexity index is 626. The summed E-state index contributed by atoms with van der Waals surface area (Å²) in [6, 6.07) is 14.4. The number of anilines is 1. The van der Waals surface area contributed by atoms with E-state index in [0.29, 0.717) is 6.79 Å². The summed E-state index contributed by atoms with van der Waals surface area (Å²) in [7, 11) is 4.15. The van der Waals surface area contributed by atoms with E-state index in [-0.39, 0.29) is 0 Å². The average Bonchev–Trinajstić information content (AvgIpc) is 2.95. The Morgan fingerprint density at radius 2 is 1.81 bits per heavy atom. The highest BCUT2D eigenvalue weighted by Gasteiger charge is 2.16. The SMILES string of the molecule is CN(C)Cc1ccccc1NCc1cccc2c1OCO2. The Labute approximate surface area is 125 Å². The third-order valence-electron chi connectivity index (χ3n) is 3.45. The number of fused-ring (bicyclic) bond motifs is 1. The summed E-state index contributed by atoms with van der Waals surface area (Å²) in [6.07, 6.45) is 0. The second kappa shape index (κ2) is 6.06. The number of ether oxygens (including phenoxy) is 2. The van der Waals surface area contributed by atoms with Crippen LogP contribution in [0.2, 0.25) is 0 Å². The van der Waals surface area contributed by atoms with Gasteiger partial charge in [-0.3, -0.25) is 0 Å². The van der Waals surface area contributed by atoms with Gasteiger partial charge in [-0.25, -0.2) is 0 Å². The molecule has 0 radical (unpaired) electrons. The highest BCUT2D eigenvalue weighted by molar-refractivity contribution is 5.54. The maximum Gasteiger partial charge on any atom is 0.231 e. The van der Waals surface area contributed by atoms with Crippen LogP contribution in [0, 0.1) is 0 Å². The highest BCUT2D eigenvalue weighted by Crippen LogP contribution is 2.35. The van der Waals surface area contributed by atoms with Crippen LogP contribution < -0.4 is 14.8 Å². The summed E-state index contributed by atoms with van der Waals surface area (Å²) in [6.45, 7) is 1.94. The van der Waals surface area contributed by atoms with Crippen molar-refractivity contribution in [1.29, 1.82) is 0 Å². The molecule has 0 fully saturated rings. The first-order chi connectivity index (χ1) is 10.2. The van der Waals surface area contributed by atoms with Gasteiger partial charge >= 0.3 is 0 Å². The van der Waals surface area contributed by atoms with E-state index in [1.807, 2.05) is 12.1 Å². The van der Waals surface area contributed by atoms with E-state index in [2.05, 4.69) is 54.6 Å². The van der Waals surface area contributed by atoms with Crippen LogP contribution >= 0.6 is 0 Å². The van der Waals surface area contributed by atoms with Crippen LogP contribution in [0.5, 0.6) is 11.5 Å². The molecule has 2 aromatic carbocycles. The van der Waals surface area contributed by atoms with Crippen molar-refractivity contribution in [3.05, 3.63) is 53.6 Å². The van der Waals surface area contributed by atoms with E-state index < -0.39 is 0 Å². The van der Waals surface area contributed by atoms with Gasteiger partial charge in [-0.15, -0.1) is 0 Å². The molecule has 0 spiro atoms. The minimum atomic E-state index is 0.309. The lowest BCUT2D eigenvalue weighted by Gasteiger charge is -2.16. The van der Waals surface area contributed by atoms with Crippen molar-refractivity contribution < 1.29 is 9.47 Å². The maximum absolute atomic E-state index is 5.54. The molecule has 21 heavy (non-hydrogen) atoms. The van der Waals surface area contributed by atoms with E-state index in [1.165, 1.54) is 5.56 Å². The van der Waals surface area contributed by atoms with E-state index in [0.717, 1.165) is 35.8 Å². The van der Waals surface area contributed by atoms with Crippen LogP contribution in [-0.2, 0) is 13.1 Å². The normalized spacial score (nSPS) is 12.7. The molecule has 0 saturated carbocycles. The standard InChI is InChI=1S/C17H20N2O2/c1-19(2)11-14-6-3-4-8-15(14)18-10-13-7-5-9-16-17(13)21-12-20-16/h3-9,18H,10-12H2,1-2H3. The monoisotopic (exact) mass is 284 g/mol. The van der Waals surface area contributed by atoms with Gasteiger partial charge in [0.05, 0.1) is 0 Å². The minimum Gasteiger partial charge on any atom is -0.454 e. The zero-order valence-corrected chi connectivity index (χ0v) is 12.4. The van der Waals surface area contributed by atoms with Crippen molar-refractivity contribution in [2.45, 2.75) is 13.1 Å². The largest absolute Gasteiger partial charge is 0.454 e. The Morgan fingerprint density at radius 3 is 2.67 bits per heavy atom. The lowest BCUT2D eigenvalue weighted by Crippen LogP contribution is -2.13. The van der Waals surface area contributed by atoms with Crippen LogP contribution in [0.3, 0.4) is 0 Å².